The Morgan fingerprint density at radius 2 is 2.00 bits per heavy atom. The van der Waals surface area contributed by atoms with Crippen molar-refractivity contribution >= 4 is 11.9 Å². The van der Waals surface area contributed by atoms with Crippen molar-refractivity contribution in [3.63, 3.8) is 0 Å². The molecular formula is C13H20N2O4. The smallest absolute Gasteiger partial charge is 0.328 e. The molecule has 6 heteroatoms. The number of amides is 1. The van der Waals surface area contributed by atoms with E-state index in [0.29, 0.717) is 18.0 Å². The van der Waals surface area contributed by atoms with Gasteiger partial charge in [-0.1, -0.05) is 13.8 Å². The molecule has 1 atom stereocenters. The molecule has 6 nitrogen and oxygen atoms in total. The van der Waals surface area contributed by atoms with Crippen LogP contribution in [0.1, 0.15) is 42.4 Å². The summed E-state index contributed by atoms with van der Waals surface area (Å²) in [6.07, 6.45) is 0.505. The summed E-state index contributed by atoms with van der Waals surface area (Å²) in [4.78, 5) is 27.7. The lowest BCUT2D eigenvalue weighted by Crippen LogP contribution is -2.42. The van der Waals surface area contributed by atoms with E-state index in [1.165, 1.54) is 7.11 Å². The lowest BCUT2D eigenvalue weighted by Gasteiger charge is -2.17. The highest BCUT2D eigenvalue weighted by molar-refractivity contribution is 5.95. The van der Waals surface area contributed by atoms with Gasteiger partial charge in [0.15, 0.2) is 5.89 Å². The van der Waals surface area contributed by atoms with Gasteiger partial charge in [-0.05, 0) is 19.3 Å². The first-order valence-corrected chi connectivity index (χ1v) is 6.17. The van der Waals surface area contributed by atoms with E-state index < -0.39 is 17.9 Å². The van der Waals surface area contributed by atoms with Crippen molar-refractivity contribution in [3.8, 4) is 0 Å². The molecule has 106 valence electrons. The van der Waals surface area contributed by atoms with E-state index >= 15 is 0 Å². The molecule has 19 heavy (non-hydrogen) atoms. The van der Waals surface area contributed by atoms with Crippen LogP contribution in [0.25, 0.3) is 0 Å². The van der Waals surface area contributed by atoms with Crippen LogP contribution in [0, 0.1) is 19.8 Å². The Kier molecular flexibility index (Phi) is 5.09. The molecule has 1 aromatic heterocycles. The fourth-order valence-corrected chi connectivity index (χ4v) is 1.79. The number of nitrogens with one attached hydrogen (secondary N) is 1. The first kappa shape index (κ1) is 15.2. The van der Waals surface area contributed by atoms with Crippen LogP contribution in [-0.4, -0.2) is 30.0 Å². The van der Waals surface area contributed by atoms with Gasteiger partial charge in [-0.2, -0.15) is 0 Å². The zero-order valence-electron chi connectivity index (χ0n) is 11.9. The maximum Gasteiger partial charge on any atom is 0.328 e. The van der Waals surface area contributed by atoms with Crippen LogP contribution in [-0.2, 0) is 9.53 Å². The molecule has 0 fully saturated rings. The van der Waals surface area contributed by atoms with Crippen molar-refractivity contribution in [2.45, 2.75) is 40.2 Å². The Bertz CT molecular complexity index is 465. The van der Waals surface area contributed by atoms with E-state index in [-0.39, 0.29) is 11.7 Å². The molecule has 0 saturated heterocycles. The molecule has 0 aliphatic rings. The summed E-state index contributed by atoms with van der Waals surface area (Å²) in [5, 5.41) is 2.62. The van der Waals surface area contributed by atoms with Crippen molar-refractivity contribution in [3.05, 3.63) is 17.3 Å². The summed E-state index contributed by atoms with van der Waals surface area (Å²) in [5.41, 5.74) is 0.503. The Morgan fingerprint density at radius 3 is 2.42 bits per heavy atom. The SMILES string of the molecule is COC(=O)C(CC(C)C)NC(=O)c1oc(C)nc1C. The van der Waals surface area contributed by atoms with Gasteiger partial charge in [-0.25, -0.2) is 9.78 Å². The largest absolute Gasteiger partial charge is 0.467 e. The van der Waals surface area contributed by atoms with E-state index in [1.807, 2.05) is 13.8 Å². The fraction of sp³-hybridized carbons (Fsp3) is 0.615. The lowest BCUT2D eigenvalue weighted by molar-refractivity contribution is -0.143. The molecule has 0 aliphatic heterocycles. The van der Waals surface area contributed by atoms with E-state index in [2.05, 4.69) is 15.0 Å². The molecule has 0 aliphatic carbocycles. The normalized spacial score (nSPS) is 12.3. The van der Waals surface area contributed by atoms with Gasteiger partial charge in [-0.15, -0.1) is 0 Å². The van der Waals surface area contributed by atoms with Crippen molar-refractivity contribution in [1.29, 1.82) is 0 Å². The van der Waals surface area contributed by atoms with Gasteiger partial charge in [0.05, 0.1) is 12.8 Å². The summed E-state index contributed by atoms with van der Waals surface area (Å²) >= 11 is 0. The zero-order chi connectivity index (χ0) is 14.6. The number of aryl methyl sites for hydroxylation is 2. The Hall–Kier alpha value is -1.85. The molecule has 1 unspecified atom stereocenters. The van der Waals surface area contributed by atoms with E-state index in [0.717, 1.165) is 0 Å². The number of rotatable bonds is 5. The lowest BCUT2D eigenvalue weighted by atomic mass is 10.0. The van der Waals surface area contributed by atoms with Crippen molar-refractivity contribution in [2.24, 2.45) is 5.92 Å². The number of carbonyl (C=O) groups is 2. The summed E-state index contributed by atoms with van der Waals surface area (Å²) in [5.74, 6) is -0.108. The van der Waals surface area contributed by atoms with Crippen LogP contribution < -0.4 is 5.32 Å². The van der Waals surface area contributed by atoms with E-state index in [4.69, 9.17) is 4.42 Å². The van der Waals surface area contributed by atoms with E-state index in [9.17, 15) is 9.59 Å². The maximum absolute atomic E-state index is 12.0. The highest BCUT2D eigenvalue weighted by Crippen LogP contribution is 2.11. The molecular weight excluding hydrogens is 248 g/mol. The van der Waals surface area contributed by atoms with Crippen LogP contribution in [0.3, 0.4) is 0 Å². The third kappa shape index (κ3) is 4.08. The van der Waals surface area contributed by atoms with Crippen LogP contribution >= 0.6 is 0 Å². The third-order valence-corrected chi connectivity index (χ3v) is 2.61. The molecule has 1 aromatic rings. The van der Waals surface area contributed by atoms with Gasteiger partial charge in [0.2, 0.25) is 5.76 Å². The van der Waals surface area contributed by atoms with Crippen LogP contribution in [0.15, 0.2) is 4.42 Å². The minimum Gasteiger partial charge on any atom is -0.467 e. The minimum atomic E-state index is -0.678. The average molecular weight is 268 g/mol. The molecule has 0 bridgehead atoms. The fourth-order valence-electron chi connectivity index (χ4n) is 1.79. The Labute approximate surface area is 112 Å². The number of carbonyl (C=O) groups excluding carboxylic acids is 2. The van der Waals surface area contributed by atoms with Crippen LogP contribution in [0.2, 0.25) is 0 Å². The number of esters is 1. The number of methoxy groups -OCH3 is 1. The van der Waals surface area contributed by atoms with Gasteiger partial charge in [0.1, 0.15) is 6.04 Å². The maximum atomic E-state index is 12.0. The molecule has 0 aromatic carbocycles. The number of nitrogens with zero attached hydrogens (tertiary/aromatic N) is 1. The molecule has 1 N–H and O–H groups in total. The Morgan fingerprint density at radius 1 is 1.37 bits per heavy atom. The van der Waals surface area contributed by atoms with Crippen LogP contribution in [0.5, 0.6) is 0 Å². The predicted octanol–water partition coefficient (Wildman–Crippen LogP) is 1.61. The minimum absolute atomic E-state index is 0.134. The zero-order valence-corrected chi connectivity index (χ0v) is 11.9. The highest BCUT2D eigenvalue weighted by atomic mass is 16.5. The average Bonchev–Trinajstić information content (AvgIpc) is 2.66. The summed E-state index contributed by atoms with van der Waals surface area (Å²) in [6, 6.07) is -0.678. The van der Waals surface area contributed by atoms with Crippen LogP contribution in [0.4, 0.5) is 0 Å². The second-order valence-corrected chi connectivity index (χ2v) is 4.83. The van der Waals surface area contributed by atoms with Crippen molar-refractivity contribution in [1.82, 2.24) is 10.3 Å². The standard InChI is InChI=1S/C13H20N2O4/c1-7(2)6-10(13(17)18-5)15-12(16)11-8(3)14-9(4)19-11/h7,10H,6H2,1-5H3,(H,15,16). The van der Waals surface area contributed by atoms with E-state index in [1.54, 1.807) is 13.8 Å². The second kappa shape index (κ2) is 6.36. The second-order valence-electron chi connectivity index (χ2n) is 4.83. The number of hydrogen-bond donors (Lipinski definition) is 1. The van der Waals surface area contributed by atoms with Crippen molar-refractivity contribution < 1.29 is 18.7 Å². The van der Waals surface area contributed by atoms with Gasteiger partial charge >= 0.3 is 5.97 Å². The molecule has 0 radical (unpaired) electrons. The molecule has 1 rings (SSSR count). The molecule has 0 saturated carbocycles. The Balaban J connectivity index is 2.81. The predicted molar refractivity (Wildman–Crippen MR) is 68.7 cm³/mol. The summed E-state index contributed by atoms with van der Waals surface area (Å²) < 4.78 is 9.91. The number of ether oxygens (including phenoxy) is 1. The topological polar surface area (TPSA) is 81.4 Å². The highest BCUT2D eigenvalue weighted by Gasteiger charge is 2.25. The quantitative estimate of drug-likeness (QED) is 0.820. The van der Waals surface area contributed by atoms with Gasteiger partial charge in [0.25, 0.3) is 5.91 Å². The molecule has 0 spiro atoms. The molecule has 1 amide bonds. The van der Waals surface area contributed by atoms with Gasteiger partial charge in [-0.3, -0.25) is 4.79 Å². The van der Waals surface area contributed by atoms with Gasteiger partial charge < -0.3 is 14.5 Å². The number of oxazole rings is 1. The van der Waals surface area contributed by atoms with Crippen molar-refractivity contribution in [2.75, 3.05) is 7.11 Å². The number of hydrogen-bond acceptors (Lipinski definition) is 5. The third-order valence-electron chi connectivity index (χ3n) is 2.61. The first-order valence-electron chi connectivity index (χ1n) is 6.17. The summed E-state index contributed by atoms with van der Waals surface area (Å²) in [6.45, 7) is 7.27. The molecule has 1 heterocycles. The summed E-state index contributed by atoms with van der Waals surface area (Å²) in [7, 11) is 1.30. The first-order chi connectivity index (χ1) is 8.85. The monoisotopic (exact) mass is 268 g/mol. The number of aromatic nitrogens is 1. The van der Waals surface area contributed by atoms with Gasteiger partial charge in [0, 0.05) is 6.92 Å².